The number of benzene rings is 2. The minimum atomic E-state index is -0.181. The second-order valence-electron chi connectivity index (χ2n) is 8.34. The third-order valence-electron chi connectivity index (χ3n) is 6.28. The topological polar surface area (TPSA) is 81.7 Å². The van der Waals surface area contributed by atoms with Crippen LogP contribution in [0.15, 0.2) is 70.3 Å². The molecule has 0 saturated carbocycles. The molecule has 0 saturated heterocycles. The molecule has 9 heteroatoms. The number of nitrogens with zero attached hydrogens (tertiary/aromatic N) is 5. The van der Waals surface area contributed by atoms with Crippen molar-refractivity contribution in [1.29, 1.82) is 0 Å². The molecule has 35 heavy (non-hydrogen) atoms. The van der Waals surface area contributed by atoms with Gasteiger partial charge in [0.05, 0.1) is 29.5 Å². The van der Waals surface area contributed by atoms with E-state index < -0.39 is 0 Å². The lowest BCUT2D eigenvalue weighted by molar-refractivity contribution is -0.126. The monoisotopic (exact) mass is 489 g/mol. The first kappa shape index (κ1) is 23.2. The average molecular weight is 490 g/mol. The number of methoxy groups -OCH3 is 1. The Morgan fingerprint density at radius 2 is 1.91 bits per heavy atom. The molecule has 1 aliphatic carbocycles. The third-order valence-corrected chi connectivity index (χ3v) is 7.19. The van der Waals surface area contributed by atoms with Gasteiger partial charge >= 0.3 is 0 Å². The van der Waals surface area contributed by atoms with Gasteiger partial charge in [-0.25, -0.2) is 4.57 Å². The Morgan fingerprint density at radius 3 is 2.63 bits per heavy atom. The standard InChI is InChI=1S/C26H27N5O3S/c1-3-29(18-9-5-4-6-10-18)23(32)17-35-26-28-27-25-30(19-13-15-20(34-2)16-14-19)24(33)21-11-7-8-12-22(21)31(25)26/h7-9,11-16H,3-6,10,17H2,1-2H3. The van der Waals surface area contributed by atoms with E-state index in [4.69, 9.17) is 4.74 Å². The first-order valence-electron chi connectivity index (χ1n) is 11.8. The van der Waals surface area contributed by atoms with Gasteiger partial charge in [0.1, 0.15) is 5.75 Å². The van der Waals surface area contributed by atoms with Crippen molar-refractivity contribution in [2.45, 2.75) is 37.8 Å². The predicted octanol–water partition coefficient (Wildman–Crippen LogP) is 4.44. The summed E-state index contributed by atoms with van der Waals surface area (Å²) in [5.74, 6) is 1.39. The maximum Gasteiger partial charge on any atom is 0.267 e. The number of allylic oxidation sites excluding steroid dienone is 2. The Labute approximate surface area is 207 Å². The minimum Gasteiger partial charge on any atom is -0.497 e. The van der Waals surface area contributed by atoms with Crippen molar-refractivity contribution in [2.24, 2.45) is 0 Å². The van der Waals surface area contributed by atoms with Crippen LogP contribution in [0.1, 0.15) is 32.6 Å². The summed E-state index contributed by atoms with van der Waals surface area (Å²) < 4.78 is 8.66. The molecule has 2 aromatic carbocycles. The number of amides is 1. The molecule has 0 spiro atoms. The number of para-hydroxylation sites is 1. The summed E-state index contributed by atoms with van der Waals surface area (Å²) in [5.41, 5.74) is 2.31. The molecule has 4 aromatic rings. The van der Waals surface area contributed by atoms with Crippen molar-refractivity contribution in [2.75, 3.05) is 19.4 Å². The molecular formula is C26H27N5O3S. The molecule has 0 bridgehead atoms. The second-order valence-corrected chi connectivity index (χ2v) is 9.28. The van der Waals surface area contributed by atoms with E-state index in [1.165, 1.54) is 18.2 Å². The lowest BCUT2D eigenvalue weighted by Crippen LogP contribution is -2.32. The van der Waals surface area contributed by atoms with Crippen LogP contribution in [0.3, 0.4) is 0 Å². The summed E-state index contributed by atoms with van der Waals surface area (Å²) in [7, 11) is 1.60. The zero-order valence-corrected chi connectivity index (χ0v) is 20.6. The van der Waals surface area contributed by atoms with Crippen LogP contribution in [-0.2, 0) is 4.79 Å². The highest BCUT2D eigenvalue weighted by atomic mass is 32.2. The number of aromatic nitrogens is 4. The van der Waals surface area contributed by atoms with Crippen LogP contribution >= 0.6 is 11.8 Å². The summed E-state index contributed by atoms with van der Waals surface area (Å²) in [4.78, 5) is 28.4. The smallest absolute Gasteiger partial charge is 0.267 e. The van der Waals surface area contributed by atoms with E-state index in [1.807, 2.05) is 46.6 Å². The van der Waals surface area contributed by atoms with Crippen molar-refractivity contribution in [3.05, 3.63) is 70.7 Å². The summed E-state index contributed by atoms with van der Waals surface area (Å²) in [6.07, 6.45) is 6.45. The van der Waals surface area contributed by atoms with Crippen LogP contribution in [0.4, 0.5) is 0 Å². The molecule has 1 aliphatic rings. The van der Waals surface area contributed by atoms with Gasteiger partial charge in [0.2, 0.25) is 11.7 Å². The molecule has 0 N–H and O–H groups in total. The van der Waals surface area contributed by atoms with Gasteiger partial charge in [0.15, 0.2) is 5.16 Å². The molecule has 8 nitrogen and oxygen atoms in total. The predicted molar refractivity (Wildman–Crippen MR) is 137 cm³/mol. The number of hydrogen-bond acceptors (Lipinski definition) is 6. The van der Waals surface area contributed by atoms with Gasteiger partial charge in [-0.1, -0.05) is 30.0 Å². The molecule has 0 aliphatic heterocycles. The van der Waals surface area contributed by atoms with E-state index in [0.29, 0.717) is 39.8 Å². The maximum absolute atomic E-state index is 13.5. The molecule has 180 valence electrons. The molecular weight excluding hydrogens is 462 g/mol. The van der Waals surface area contributed by atoms with Crippen LogP contribution in [0, 0.1) is 0 Å². The summed E-state index contributed by atoms with van der Waals surface area (Å²) in [6.45, 7) is 2.65. The van der Waals surface area contributed by atoms with Crippen molar-refractivity contribution in [3.8, 4) is 11.4 Å². The Hall–Kier alpha value is -3.59. The van der Waals surface area contributed by atoms with Gasteiger partial charge in [0.25, 0.3) is 5.56 Å². The van der Waals surface area contributed by atoms with Crippen molar-refractivity contribution in [1.82, 2.24) is 24.1 Å². The van der Waals surface area contributed by atoms with Gasteiger partial charge in [0, 0.05) is 12.2 Å². The number of rotatable bonds is 7. The Morgan fingerprint density at radius 1 is 1.11 bits per heavy atom. The first-order valence-corrected chi connectivity index (χ1v) is 12.8. The molecule has 0 unspecified atom stereocenters. The van der Waals surface area contributed by atoms with Crippen molar-refractivity contribution in [3.63, 3.8) is 0 Å². The summed E-state index contributed by atoms with van der Waals surface area (Å²) >= 11 is 1.34. The van der Waals surface area contributed by atoms with E-state index in [0.717, 1.165) is 25.0 Å². The number of thioether (sulfide) groups is 1. The zero-order valence-electron chi connectivity index (χ0n) is 19.8. The van der Waals surface area contributed by atoms with Crippen LogP contribution < -0.4 is 10.3 Å². The highest BCUT2D eigenvalue weighted by molar-refractivity contribution is 7.99. The fourth-order valence-corrected chi connectivity index (χ4v) is 5.36. The SMILES string of the molecule is CCN(C(=O)CSc1nnc2n(-c3ccc(OC)cc3)c(=O)c3ccccc3n12)C1=CCCCC1. The van der Waals surface area contributed by atoms with Crippen LogP contribution in [-0.4, -0.2) is 49.4 Å². The van der Waals surface area contributed by atoms with Crippen LogP contribution in [0.5, 0.6) is 5.75 Å². The molecule has 5 rings (SSSR count). The van der Waals surface area contributed by atoms with E-state index >= 15 is 0 Å². The average Bonchev–Trinajstić information content (AvgIpc) is 3.33. The van der Waals surface area contributed by atoms with E-state index in [9.17, 15) is 9.59 Å². The number of carbonyl (C=O) groups is 1. The summed E-state index contributed by atoms with van der Waals surface area (Å²) in [6, 6.07) is 14.6. The molecule has 0 atom stereocenters. The zero-order chi connectivity index (χ0) is 24.4. The van der Waals surface area contributed by atoms with Gasteiger partial charge in [-0.3, -0.25) is 14.0 Å². The van der Waals surface area contributed by atoms with E-state index in [1.54, 1.807) is 29.9 Å². The van der Waals surface area contributed by atoms with Gasteiger partial charge < -0.3 is 9.64 Å². The van der Waals surface area contributed by atoms with Gasteiger partial charge in [-0.2, -0.15) is 0 Å². The normalized spacial score (nSPS) is 13.7. The minimum absolute atomic E-state index is 0.0511. The fraction of sp³-hybridized carbons (Fsp3) is 0.308. The highest BCUT2D eigenvalue weighted by Gasteiger charge is 2.21. The van der Waals surface area contributed by atoms with Crippen molar-refractivity contribution < 1.29 is 9.53 Å². The van der Waals surface area contributed by atoms with Crippen LogP contribution in [0.25, 0.3) is 22.4 Å². The van der Waals surface area contributed by atoms with Gasteiger partial charge in [-0.05, 0) is 69.0 Å². The first-order chi connectivity index (χ1) is 17.1. The number of carbonyl (C=O) groups excluding carboxylic acids is 1. The highest BCUT2D eigenvalue weighted by Crippen LogP contribution is 2.26. The molecule has 0 radical (unpaired) electrons. The molecule has 2 aromatic heterocycles. The molecule has 0 fully saturated rings. The maximum atomic E-state index is 13.5. The fourth-order valence-electron chi connectivity index (χ4n) is 4.55. The second kappa shape index (κ2) is 9.95. The van der Waals surface area contributed by atoms with Gasteiger partial charge in [-0.15, -0.1) is 10.2 Å². The molecule has 1 amide bonds. The Balaban J connectivity index is 1.55. The largest absolute Gasteiger partial charge is 0.497 e. The third kappa shape index (κ3) is 4.32. The van der Waals surface area contributed by atoms with Crippen molar-refractivity contribution >= 4 is 34.3 Å². The van der Waals surface area contributed by atoms with E-state index in [2.05, 4.69) is 16.3 Å². The quantitative estimate of drug-likeness (QED) is 0.357. The number of hydrogen-bond donors (Lipinski definition) is 0. The lowest BCUT2D eigenvalue weighted by Gasteiger charge is -2.26. The summed E-state index contributed by atoms with van der Waals surface area (Å²) in [5, 5.41) is 9.87. The lowest BCUT2D eigenvalue weighted by atomic mass is 10.0. The van der Waals surface area contributed by atoms with E-state index in [-0.39, 0.29) is 17.2 Å². The Bertz CT molecular complexity index is 1470. The molecule has 2 heterocycles. The number of ether oxygens (including phenoxy) is 1. The number of fused-ring (bicyclic) bond motifs is 3. The Kier molecular flexibility index (Phi) is 6.59. The van der Waals surface area contributed by atoms with Crippen LogP contribution in [0.2, 0.25) is 0 Å².